The van der Waals surface area contributed by atoms with Gasteiger partial charge in [0.05, 0.1) is 12.0 Å². The SMILES string of the molecule is CC1CC=CC2=C1C(c1ccccc1)(c1ccccc1)c1cccc(-c3ccccc3NC3C=CC(C/N=C/c4cccc(-c5ccccc5)c4)=CC3)c12. The average molecular weight is 697 g/mol. The predicted molar refractivity (Wildman–Crippen MR) is 228 cm³/mol. The molecule has 0 aliphatic heterocycles. The highest BCUT2D eigenvalue weighted by Gasteiger charge is 2.50. The summed E-state index contributed by atoms with van der Waals surface area (Å²) in [5.74, 6) is 0.399. The van der Waals surface area contributed by atoms with E-state index in [1.807, 2.05) is 6.21 Å². The van der Waals surface area contributed by atoms with Crippen LogP contribution in [0.4, 0.5) is 5.69 Å². The van der Waals surface area contributed by atoms with E-state index in [0.717, 1.165) is 24.1 Å². The maximum atomic E-state index is 4.82. The van der Waals surface area contributed by atoms with Crippen LogP contribution in [0.5, 0.6) is 0 Å². The number of allylic oxidation sites excluding steroid dienone is 4. The van der Waals surface area contributed by atoms with E-state index >= 15 is 0 Å². The van der Waals surface area contributed by atoms with Crippen molar-refractivity contribution in [2.24, 2.45) is 10.9 Å². The van der Waals surface area contributed by atoms with Crippen LogP contribution in [-0.2, 0) is 5.41 Å². The second kappa shape index (κ2) is 14.6. The first-order valence-corrected chi connectivity index (χ1v) is 19.2. The van der Waals surface area contributed by atoms with Crippen molar-refractivity contribution in [1.29, 1.82) is 0 Å². The van der Waals surface area contributed by atoms with Crippen molar-refractivity contribution in [1.82, 2.24) is 0 Å². The molecule has 2 unspecified atom stereocenters. The minimum absolute atomic E-state index is 0.190. The molecule has 2 atom stereocenters. The fourth-order valence-corrected chi connectivity index (χ4v) is 8.96. The van der Waals surface area contributed by atoms with Gasteiger partial charge in [-0.3, -0.25) is 4.99 Å². The van der Waals surface area contributed by atoms with Crippen LogP contribution in [0.1, 0.15) is 47.6 Å². The van der Waals surface area contributed by atoms with Crippen molar-refractivity contribution in [2.45, 2.75) is 31.2 Å². The number of nitrogens with one attached hydrogen (secondary N) is 1. The van der Waals surface area contributed by atoms with Gasteiger partial charge in [0.25, 0.3) is 0 Å². The third kappa shape index (κ3) is 6.08. The summed E-state index contributed by atoms with van der Waals surface area (Å²) in [6, 6.07) is 57.4. The molecule has 0 bridgehead atoms. The monoisotopic (exact) mass is 696 g/mol. The Balaban J connectivity index is 1.01. The lowest BCUT2D eigenvalue weighted by atomic mass is 9.63. The molecular formula is C52H44N2. The van der Waals surface area contributed by atoms with E-state index in [1.54, 1.807) is 0 Å². The lowest BCUT2D eigenvalue weighted by Gasteiger charge is -2.38. The number of benzene rings is 6. The fraction of sp³-hybridized carbons (Fsp3) is 0.135. The summed E-state index contributed by atoms with van der Waals surface area (Å²) in [5.41, 5.74) is 16.3. The van der Waals surface area contributed by atoms with Crippen LogP contribution in [0.2, 0.25) is 0 Å². The number of nitrogens with zero attached hydrogens (tertiary/aromatic N) is 1. The van der Waals surface area contributed by atoms with Gasteiger partial charge in [-0.1, -0.05) is 183 Å². The van der Waals surface area contributed by atoms with Crippen molar-refractivity contribution in [2.75, 3.05) is 11.9 Å². The molecule has 6 aromatic carbocycles. The van der Waals surface area contributed by atoms with Gasteiger partial charge in [0.15, 0.2) is 0 Å². The molecule has 0 heterocycles. The van der Waals surface area contributed by atoms with Crippen molar-refractivity contribution in [3.8, 4) is 22.3 Å². The molecule has 2 nitrogen and oxygen atoms in total. The van der Waals surface area contributed by atoms with E-state index < -0.39 is 0 Å². The number of aliphatic imine (C=N–C) groups is 1. The van der Waals surface area contributed by atoms with Gasteiger partial charge in [-0.15, -0.1) is 0 Å². The summed E-state index contributed by atoms with van der Waals surface area (Å²) >= 11 is 0. The van der Waals surface area contributed by atoms with Gasteiger partial charge in [0, 0.05) is 23.5 Å². The molecular weight excluding hydrogens is 653 g/mol. The molecule has 0 saturated heterocycles. The van der Waals surface area contributed by atoms with E-state index in [9.17, 15) is 0 Å². The number of para-hydroxylation sites is 1. The standard InChI is InChI=1S/C52H44N2/c1-37-16-13-27-47-50-46(26-15-28-48(50)52(51(37)47,42-21-7-3-8-22-42)43-23-9-4-10-24-43)45-25-11-12-29-49(45)54-44-32-30-38(31-33-44)35-53-36-39-17-14-20-41(34-39)40-18-5-2-6-19-40/h2-15,17-32,34,36-37,44,54H,16,33,35H2,1H3/b53-36+. The van der Waals surface area contributed by atoms with E-state index in [-0.39, 0.29) is 11.5 Å². The minimum Gasteiger partial charge on any atom is -0.378 e. The topological polar surface area (TPSA) is 24.4 Å². The molecule has 0 saturated carbocycles. The smallest absolute Gasteiger partial charge is 0.0679 e. The number of hydrogen-bond acceptors (Lipinski definition) is 2. The Morgan fingerprint density at radius 2 is 1.33 bits per heavy atom. The van der Waals surface area contributed by atoms with Crippen LogP contribution < -0.4 is 5.32 Å². The molecule has 0 radical (unpaired) electrons. The zero-order valence-corrected chi connectivity index (χ0v) is 30.7. The van der Waals surface area contributed by atoms with Crippen LogP contribution in [0.3, 0.4) is 0 Å². The second-order valence-corrected chi connectivity index (χ2v) is 14.7. The Bertz CT molecular complexity index is 2410. The molecule has 0 amide bonds. The van der Waals surface area contributed by atoms with Gasteiger partial charge in [-0.25, -0.2) is 0 Å². The van der Waals surface area contributed by atoms with Gasteiger partial charge in [-0.2, -0.15) is 0 Å². The third-order valence-electron chi connectivity index (χ3n) is 11.4. The number of anilines is 1. The molecule has 0 fully saturated rings. The molecule has 1 N–H and O–H groups in total. The molecule has 3 aliphatic rings. The summed E-state index contributed by atoms with van der Waals surface area (Å²) in [4.78, 5) is 4.82. The first-order valence-electron chi connectivity index (χ1n) is 19.2. The second-order valence-electron chi connectivity index (χ2n) is 14.7. The number of fused-ring (bicyclic) bond motifs is 2. The third-order valence-corrected chi connectivity index (χ3v) is 11.4. The van der Waals surface area contributed by atoms with Crippen molar-refractivity contribution in [3.05, 3.63) is 227 Å². The molecule has 2 heteroatoms. The highest BCUT2D eigenvalue weighted by Crippen LogP contribution is 2.60. The normalized spacial score (nSPS) is 18.4. The Morgan fingerprint density at radius 3 is 2.07 bits per heavy atom. The Kier molecular flexibility index (Phi) is 9.10. The largest absolute Gasteiger partial charge is 0.378 e. The maximum absolute atomic E-state index is 4.82. The molecule has 0 aromatic heterocycles. The van der Waals surface area contributed by atoms with E-state index in [2.05, 4.69) is 200 Å². The van der Waals surface area contributed by atoms with Crippen LogP contribution >= 0.6 is 0 Å². The van der Waals surface area contributed by atoms with Crippen LogP contribution in [-0.4, -0.2) is 18.8 Å². The molecule has 262 valence electrons. The Labute approximate surface area is 319 Å². The quantitative estimate of drug-likeness (QED) is 0.150. The van der Waals surface area contributed by atoms with Gasteiger partial charge < -0.3 is 5.32 Å². The summed E-state index contributed by atoms with van der Waals surface area (Å²) < 4.78 is 0. The maximum Gasteiger partial charge on any atom is 0.0679 e. The van der Waals surface area contributed by atoms with Crippen molar-refractivity contribution in [3.63, 3.8) is 0 Å². The number of hydrogen-bond donors (Lipinski definition) is 1. The van der Waals surface area contributed by atoms with Gasteiger partial charge in [-0.05, 0) is 92.1 Å². The Morgan fingerprint density at radius 1 is 0.667 bits per heavy atom. The lowest BCUT2D eigenvalue weighted by Crippen LogP contribution is -2.32. The number of rotatable bonds is 9. The molecule has 6 aromatic rings. The Hall–Kier alpha value is -6.25. The summed E-state index contributed by atoms with van der Waals surface area (Å²) in [7, 11) is 0. The van der Waals surface area contributed by atoms with Crippen LogP contribution in [0.15, 0.2) is 204 Å². The average Bonchev–Trinajstić information content (AvgIpc) is 3.55. The fourth-order valence-electron chi connectivity index (χ4n) is 8.96. The van der Waals surface area contributed by atoms with Crippen LogP contribution in [0, 0.1) is 5.92 Å². The summed E-state index contributed by atoms with van der Waals surface area (Å²) in [5, 5.41) is 3.92. The van der Waals surface area contributed by atoms with Gasteiger partial charge in [0.2, 0.25) is 0 Å². The minimum atomic E-state index is -0.365. The van der Waals surface area contributed by atoms with E-state index in [4.69, 9.17) is 4.99 Å². The summed E-state index contributed by atoms with van der Waals surface area (Å²) in [6.07, 6.45) is 15.6. The molecule has 0 spiro atoms. The van der Waals surface area contributed by atoms with E-state index in [1.165, 1.54) is 61.2 Å². The summed E-state index contributed by atoms with van der Waals surface area (Å²) in [6.45, 7) is 3.08. The zero-order chi connectivity index (χ0) is 36.3. The first-order chi connectivity index (χ1) is 26.7. The first kappa shape index (κ1) is 33.6. The highest BCUT2D eigenvalue weighted by molar-refractivity contribution is 5.99. The van der Waals surface area contributed by atoms with E-state index in [0.29, 0.717) is 12.5 Å². The van der Waals surface area contributed by atoms with Gasteiger partial charge in [0.1, 0.15) is 0 Å². The lowest BCUT2D eigenvalue weighted by molar-refractivity contribution is 0.583. The van der Waals surface area contributed by atoms with Gasteiger partial charge >= 0.3 is 0 Å². The van der Waals surface area contributed by atoms with Crippen LogP contribution in [0.25, 0.3) is 27.8 Å². The highest BCUT2D eigenvalue weighted by atomic mass is 14.9. The molecule has 54 heavy (non-hydrogen) atoms. The van der Waals surface area contributed by atoms with Crippen molar-refractivity contribution >= 4 is 17.5 Å². The zero-order valence-electron chi connectivity index (χ0n) is 30.7. The molecule has 9 rings (SSSR count). The molecule has 3 aliphatic carbocycles. The van der Waals surface area contributed by atoms with Crippen molar-refractivity contribution < 1.29 is 0 Å². The predicted octanol–water partition coefficient (Wildman–Crippen LogP) is 12.5.